The number of hydrogen-bond donors (Lipinski definition) is 2. The zero-order valence-electron chi connectivity index (χ0n) is 12.9. The summed E-state index contributed by atoms with van der Waals surface area (Å²) in [5.41, 5.74) is 0. The molecule has 24 heavy (non-hydrogen) atoms. The lowest BCUT2D eigenvalue weighted by atomic mass is 10.2. The molecule has 4 nitrogen and oxygen atoms in total. The van der Waals surface area contributed by atoms with Gasteiger partial charge in [-0.15, -0.1) is 23.5 Å². The molecule has 126 valence electrons. The van der Waals surface area contributed by atoms with Crippen LogP contribution in [0.2, 0.25) is 0 Å². The molecular formula is C18H18O4S2. The van der Waals surface area contributed by atoms with Gasteiger partial charge in [-0.25, -0.2) is 0 Å². The number of benzene rings is 2. The molecule has 0 amide bonds. The monoisotopic (exact) mass is 362 g/mol. The highest BCUT2D eigenvalue weighted by Crippen LogP contribution is 2.42. The van der Waals surface area contributed by atoms with Crippen LogP contribution in [0.1, 0.15) is 0 Å². The maximum Gasteiger partial charge on any atom is 0.115 e. The van der Waals surface area contributed by atoms with Crippen LogP contribution >= 0.6 is 23.5 Å². The van der Waals surface area contributed by atoms with Gasteiger partial charge in [0, 0.05) is 9.79 Å². The number of hydrogen-bond acceptors (Lipinski definition) is 6. The Morgan fingerprint density at radius 1 is 0.667 bits per heavy atom. The third-order valence-corrected chi connectivity index (χ3v) is 6.71. The number of aromatic hydroxyl groups is 2. The van der Waals surface area contributed by atoms with Gasteiger partial charge in [0.15, 0.2) is 0 Å². The van der Waals surface area contributed by atoms with E-state index in [1.807, 2.05) is 24.3 Å². The second kappa shape index (κ2) is 6.88. The van der Waals surface area contributed by atoms with Crippen LogP contribution in [0.25, 0.3) is 0 Å². The van der Waals surface area contributed by atoms with Gasteiger partial charge >= 0.3 is 0 Å². The van der Waals surface area contributed by atoms with Crippen LogP contribution in [-0.4, -0.2) is 46.1 Å². The Morgan fingerprint density at radius 3 is 1.42 bits per heavy atom. The molecule has 2 saturated heterocycles. The molecule has 6 heteroatoms. The molecular weight excluding hydrogens is 344 g/mol. The SMILES string of the molecule is Oc1ccc(S[C@H]2COC3C2OC[C@H]3Sc2ccc(O)cc2)cc1. The van der Waals surface area contributed by atoms with E-state index in [1.165, 1.54) is 0 Å². The van der Waals surface area contributed by atoms with Crippen molar-refractivity contribution in [1.29, 1.82) is 0 Å². The average Bonchev–Trinajstić information content (AvgIpc) is 3.16. The van der Waals surface area contributed by atoms with E-state index in [1.54, 1.807) is 47.8 Å². The Labute approximate surface area is 149 Å². The zero-order valence-corrected chi connectivity index (χ0v) is 14.5. The maximum absolute atomic E-state index is 9.38. The summed E-state index contributed by atoms with van der Waals surface area (Å²) in [4.78, 5) is 2.22. The molecule has 2 N–H and O–H groups in total. The number of ether oxygens (including phenoxy) is 2. The third-order valence-electron chi connectivity index (χ3n) is 4.21. The highest BCUT2D eigenvalue weighted by atomic mass is 32.2. The Balaban J connectivity index is 1.39. The number of thioether (sulfide) groups is 2. The van der Waals surface area contributed by atoms with Crippen LogP contribution in [0.3, 0.4) is 0 Å². The summed E-state index contributed by atoms with van der Waals surface area (Å²) in [6, 6.07) is 14.5. The van der Waals surface area contributed by atoms with Crippen LogP contribution < -0.4 is 0 Å². The van der Waals surface area contributed by atoms with Crippen LogP contribution in [-0.2, 0) is 9.47 Å². The molecule has 2 unspecified atom stereocenters. The van der Waals surface area contributed by atoms with Gasteiger partial charge in [0.1, 0.15) is 11.5 Å². The molecule has 2 aliphatic heterocycles. The van der Waals surface area contributed by atoms with Crippen molar-refractivity contribution in [2.75, 3.05) is 13.2 Å². The summed E-state index contributed by atoms with van der Waals surface area (Å²) in [6.45, 7) is 1.35. The van der Waals surface area contributed by atoms with Gasteiger partial charge in [-0.05, 0) is 48.5 Å². The number of phenolic OH excluding ortho intramolecular Hbond substituents is 2. The minimum atomic E-state index is 0.0958. The standard InChI is InChI=1S/C18H18O4S2/c19-11-1-5-13(6-2-11)23-15-9-21-18-16(10-22-17(15)18)24-14-7-3-12(20)4-8-14/h1-8,15-20H,9-10H2/t15-,16+,17?,18?. The summed E-state index contributed by atoms with van der Waals surface area (Å²) in [7, 11) is 0. The fourth-order valence-electron chi connectivity index (χ4n) is 3.03. The molecule has 0 radical (unpaired) electrons. The van der Waals surface area contributed by atoms with Crippen molar-refractivity contribution in [2.24, 2.45) is 0 Å². The number of fused-ring (bicyclic) bond motifs is 1. The first-order valence-corrected chi connectivity index (χ1v) is 9.59. The molecule has 4 atom stereocenters. The predicted molar refractivity (Wildman–Crippen MR) is 95.0 cm³/mol. The average molecular weight is 362 g/mol. The lowest BCUT2D eigenvalue weighted by Crippen LogP contribution is -2.28. The van der Waals surface area contributed by atoms with E-state index in [4.69, 9.17) is 9.47 Å². The molecule has 2 aromatic rings. The van der Waals surface area contributed by atoms with Crippen molar-refractivity contribution in [3.63, 3.8) is 0 Å². The minimum absolute atomic E-state index is 0.0958. The van der Waals surface area contributed by atoms with Crippen LogP contribution in [0.15, 0.2) is 58.3 Å². The molecule has 0 spiro atoms. The maximum atomic E-state index is 9.38. The summed E-state index contributed by atoms with van der Waals surface area (Å²) in [5, 5.41) is 19.3. The van der Waals surface area contributed by atoms with Crippen molar-refractivity contribution in [1.82, 2.24) is 0 Å². The van der Waals surface area contributed by atoms with Crippen LogP contribution in [0.4, 0.5) is 0 Å². The molecule has 0 saturated carbocycles. The molecule has 2 aromatic carbocycles. The van der Waals surface area contributed by atoms with E-state index in [0.717, 1.165) is 9.79 Å². The van der Waals surface area contributed by atoms with Crippen molar-refractivity contribution < 1.29 is 19.7 Å². The van der Waals surface area contributed by atoms with Gasteiger partial charge in [-0.3, -0.25) is 0 Å². The molecule has 4 rings (SSSR count). The van der Waals surface area contributed by atoms with Gasteiger partial charge in [0.25, 0.3) is 0 Å². The molecule has 2 heterocycles. The van der Waals surface area contributed by atoms with Gasteiger partial charge in [-0.2, -0.15) is 0 Å². The van der Waals surface area contributed by atoms with E-state index < -0.39 is 0 Å². The van der Waals surface area contributed by atoms with Gasteiger partial charge in [-0.1, -0.05) is 0 Å². The second-order valence-corrected chi connectivity index (χ2v) is 8.52. The van der Waals surface area contributed by atoms with Gasteiger partial charge in [0.05, 0.1) is 35.9 Å². The van der Waals surface area contributed by atoms with Gasteiger partial charge in [0.2, 0.25) is 0 Å². The first-order valence-electron chi connectivity index (χ1n) is 7.83. The molecule has 2 aliphatic rings. The number of rotatable bonds is 4. The fourth-order valence-corrected chi connectivity index (χ4v) is 5.34. The normalized spacial score (nSPS) is 28.8. The quantitative estimate of drug-likeness (QED) is 0.868. The minimum Gasteiger partial charge on any atom is -0.508 e. The Bertz CT molecular complexity index is 628. The first kappa shape index (κ1) is 16.1. The van der Waals surface area contributed by atoms with Crippen molar-refractivity contribution >= 4 is 23.5 Å². The van der Waals surface area contributed by atoms with E-state index >= 15 is 0 Å². The smallest absolute Gasteiger partial charge is 0.115 e. The zero-order chi connectivity index (χ0) is 16.5. The molecule has 0 bridgehead atoms. The van der Waals surface area contributed by atoms with Crippen molar-refractivity contribution in [3.05, 3.63) is 48.5 Å². The first-order chi connectivity index (χ1) is 11.7. The second-order valence-electron chi connectivity index (χ2n) is 5.90. The van der Waals surface area contributed by atoms with Crippen LogP contribution in [0.5, 0.6) is 11.5 Å². The Hall–Kier alpha value is -1.34. The molecule has 0 aliphatic carbocycles. The molecule has 0 aromatic heterocycles. The highest BCUT2D eigenvalue weighted by Gasteiger charge is 2.48. The lowest BCUT2D eigenvalue weighted by molar-refractivity contribution is 0.0745. The van der Waals surface area contributed by atoms with Gasteiger partial charge < -0.3 is 19.7 Å². The van der Waals surface area contributed by atoms with E-state index in [0.29, 0.717) is 13.2 Å². The van der Waals surface area contributed by atoms with E-state index in [9.17, 15) is 10.2 Å². The molecule has 2 fully saturated rings. The predicted octanol–water partition coefficient (Wildman–Crippen LogP) is 3.52. The largest absolute Gasteiger partial charge is 0.508 e. The summed E-state index contributed by atoms with van der Waals surface area (Å²) >= 11 is 3.49. The lowest BCUT2D eigenvalue weighted by Gasteiger charge is -2.16. The topological polar surface area (TPSA) is 58.9 Å². The Morgan fingerprint density at radius 2 is 1.04 bits per heavy atom. The van der Waals surface area contributed by atoms with Crippen LogP contribution in [0, 0.1) is 0 Å². The number of phenols is 2. The third kappa shape index (κ3) is 3.37. The van der Waals surface area contributed by atoms with E-state index in [-0.39, 0.29) is 34.2 Å². The summed E-state index contributed by atoms with van der Waals surface area (Å²) in [6.07, 6.45) is 0.192. The summed E-state index contributed by atoms with van der Waals surface area (Å²) < 4.78 is 12.1. The summed E-state index contributed by atoms with van der Waals surface area (Å²) in [5.74, 6) is 0.560. The highest BCUT2D eigenvalue weighted by molar-refractivity contribution is 8.00. The van der Waals surface area contributed by atoms with E-state index in [2.05, 4.69) is 0 Å². The Kier molecular flexibility index (Phi) is 4.63. The van der Waals surface area contributed by atoms with Crippen molar-refractivity contribution in [2.45, 2.75) is 32.5 Å². The van der Waals surface area contributed by atoms with Crippen molar-refractivity contribution in [3.8, 4) is 11.5 Å². The fraction of sp³-hybridized carbons (Fsp3) is 0.333.